The maximum Gasteiger partial charge on any atom is 0.0932 e. The zero-order chi connectivity index (χ0) is 12.4. The Bertz CT molecular complexity index is 157. The lowest BCUT2D eigenvalue weighted by atomic mass is 10.1. The molecule has 0 aromatic heterocycles. The number of rotatable bonds is 10. The van der Waals surface area contributed by atoms with Crippen LogP contribution in [0.4, 0.5) is 0 Å². The molecule has 0 aromatic carbocycles. The van der Waals surface area contributed by atoms with E-state index in [1.165, 1.54) is 0 Å². The van der Waals surface area contributed by atoms with Gasteiger partial charge in [-0.1, -0.05) is 13.3 Å². The van der Waals surface area contributed by atoms with Gasteiger partial charge >= 0.3 is 0 Å². The molecule has 0 aliphatic rings. The highest BCUT2D eigenvalue weighted by Crippen LogP contribution is 2.04. The summed E-state index contributed by atoms with van der Waals surface area (Å²) in [4.78, 5) is 0. The molecule has 5 heteroatoms. The highest BCUT2D eigenvalue weighted by molar-refractivity contribution is 4.65. The Kier molecular flexibility index (Phi) is 9.86. The van der Waals surface area contributed by atoms with Crippen molar-refractivity contribution in [1.82, 2.24) is 5.32 Å². The fourth-order valence-corrected chi connectivity index (χ4v) is 1.46. The Labute approximate surface area is 97.4 Å². The van der Waals surface area contributed by atoms with Gasteiger partial charge in [-0.3, -0.25) is 5.32 Å². The molecule has 4 N–H and O–H groups in total. The van der Waals surface area contributed by atoms with Crippen molar-refractivity contribution < 1.29 is 20.1 Å². The van der Waals surface area contributed by atoms with Gasteiger partial charge in [0.05, 0.1) is 31.6 Å². The largest absolute Gasteiger partial charge is 0.392 e. The van der Waals surface area contributed by atoms with Crippen LogP contribution < -0.4 is 5.32 Å². The van der Waals surface area contributed by atoms with Crippen LogP contribution in [0, 0.1) is 0 Å². The van der Waals surface area contributed by atoms with E-state index in [1.54, 1.807) is 0 Å². The third-order valence-electron chi connectivity index (χ3n) is 2.30. The average Bonchev–Trinajstić information content (AvgIpc) is 2.24. The lowest BCUT2D eigenvalue weighted by Gasteiger charge is -2.18. The first-order valence-electron chi connectivity index (χ1n) is 5.89. The molecule has 3 atom stereocenters. The van der Waals surface area contributed by atoms with Gasteiger partial charge in [0.15, 0.2) is 0 Å². The molecule has 0 aliphatic heterocycles. The average molecular weight is 235 g/mol. The third-order valence-corrected chi connectivity index (χ3v) is 2.30. The summed E-state index contributed by atoms with van der Waals surface area (Å²) in [6.07, 6.45) is 1.11. The topological polar surface area (TPSA) is 82.0 Å². The summed E-state index contributed by atoms with van der Waals surface area (Å²) in [6, 6.07) is 0. The molecule has 5 nitrogen and oxygen atoms in total. The van der Waals surface area contributed by atoms with E-state index >= 15 is 0 Å². The van der Waals surface area contributed by atoms with E-state index in [0.29, 0.717) is 0 Å². The zero-order valence-corrected chi connectivity index (χ0v) is 10.2. The minimum Gasteiger partial charge on any atom is -0.392 e. The van der Waals surface area contributed by atoms with Crippen molar-refractivity contribution in [3.8, 4) is 0 Å². The van der Waals surface area contributed by atoms with E-state index in [9.17, 15) is 10.2 Å². The molecule has 0 saturated heterocycles. The van der Waals surface area contributed by atoms with Gasteiger partial charge in [0.25, 0.3) is 0 Å². The molecule has 0 heterocycles. The van der Waals surface area contributed by atoms with Crippen LogP contribution in [0.3, 0.4) is 0 Å². The molecule has 0 fully saturated rings. The van der Waals surface area contributed by atoms with Crippen molar-refractivity contribution in [2.45, 2.75) is 51.4 Å². The van der Waals surface area contributed by atoms with E-state index in [2.05, 4.69) is 12.2 Å². The second-order valence-electron chi connectivity index (χ2n) is 4.09. The summed E-state index contributed by atoms with van der Waals surface area (Å²) >= 11 is 0. The highest BCUT2D eigenvalue weighted by Gasteiger charge is 2.13. The molecule has 0 aromatic rings. The standard InChI is InChI=1S/C11H25NO4/c1-3-4-9(2)16-7-11(15)5-10(14)6-12-8-13/h9-15H,3-8H2,1-2H3. The summed E-state index contributed by atoms with van der Waals surface area (Å²) in [5.41, 5.74) is 0. The highest BCUT2D eigenvalue weighted by atomic mass is 16.5. The molecule has 3 unspecified atom stereocenters. The van der Waals surface area contributed by atoms with Gasteiger partial charge in [-0.2, -0.15) is 0 Å². The van der Waals surface area contributed by atoms with Crippen molar-refractivity contribution in [3.05, 3.63) is 0 Å². The fraction of sp³-hybridized carbons (Fsp3) is 1.00. The quantitative estimate of drug-likeness (QED) is 0.396. The second kappa shape index (κ2) is 9.99. The van der Waals surface area contributed by atoms with Gasteiger partial charge in [-0.15, -0.1) is 0 Å². The molecule has 98 valence electrons. The maximum absolute atomic E-state index is 9.56. The van der Waals surface area contributed by atoms with E-state index in [0.717, 1.165) is 12.8 Å². The normalized spacial score (nSPS) is 17.1. The number of hydrogen-bond acceptors (Lipinski definition) is 5. The summed E-state index contributed by atoms with van der Waals surface area (Å²) in [6.45, 7) is 4.41. The molecular formula is C11H25NO4. The monoisotopic (exact) mass is 235 g/mol. The lowest BCUT2D eigenvalue weighted by molar-refractivity contribution is -0.0235. The molecule has 0 aliphatic carbocycles. The van der Waals surface area contributed by atoms with E-state index in [1.807, 2.05) is 6.92 Å². The van der Waals surface area contributed by atoms with Gasteiger partial charge in [-0.05, 0) is 13.3 Å². The van der Waals surface area contributed by atoms with Crippen molar-refractivity contribution in [2.24, 2.45) is 0 Å². The van der Waals surface area contributed by atoms with Crippen LogP contribution in [0.25, 0.3) is 0 Å². The van der Waals surface area contributed by atoms with Crippen LogP contribution in [0.2, 0.25) is 0 Å². The Balaban J connectivity index is 3.52. The Morgan fingerprint density at radius 3 is 2.50 bits per heavy atom. The Morgan fingerprint density at radius 2 is 1.94 bits per heavy atom. The minimum atomic E-state index is -0.660. The lowest BCUT2D eigenvalue weighted by Crippen LogP contribution is -2.32. The van der Waals surface area contributed by atoms with Crippen molar-refractivity contribution in [3.63, 3.8) is 0 Å². The van der Waals surface area contributed by atoms with Crippen LogP contribution in [0.1, 0.15) is 33.1 Å². The molecule has 0 bridgehead atoms. The van der Waals surface area contributed by atoms with Crippen LogP contribution in [-0.4, -0.2) is 53.5 Å². The maximum atomic E-state index is 9.56. The summed E-state index contributed by atoms with van der Waals surface area (Å²) in [5, 5.41) is 30.1. The predicted octanol–water partition coefficient (Wildman–Crippen LogP) is -0.157. The van der Waals surface area contributed by atoms with Crippen LogP contribution >= 0.6 is 0 Å². The van der Waals surface area contributed by atoms with Crippen molar-refractivity contribution >= 4 is 0 Å². The Morgan fingerprint density at radius 1 is 1.25 bits per heavy atom. The first kappa shape index (κ1) is 15.8. The van der Waals surface area contributed by atoms with Crippen LogP contribution in [0.15, 0.2) is 0 Å². The summed E-state index contributed by atoms with van der Waals surface area (Å²) in [7, 11) is 0. The van der Waals surface area contributed by atoms with Gasteiger partial charge in [0.2, 0.25) is 0 Å². The van der Waals surface area contributed by atoms with Gasteiger partial charge in [0.1, 0.15) is 0 Å². The van der Waals surface area contributed by atoms with Gasteiger partial charge < -0.3 is 20.1 Å². The van der Waals surface area contributed by atoms with E-state index in [4.69, 9.17) is 9.84 Å². The first-order valence-corrected chi connectivity index (χ1v) is 5.89. The smallest absolute Gasteiger partial charge is 0.0932 e. The van der Waals surface area contributed by atoms with Gasteiger partial charge in [-0.25, -0.2) is 0 Å². The minimum absolute atomic E-state index is 0.146. The molecular weight excluding hydrogens is 210 g/mol. The molecule has 0 radical (unpaired) electrons. The van der Waals surface area contributed by atoms with Gasteiger partial charge in [0, 0.05) is 13.0 Å². The van der Waals surface area contributed by atoms with Crippen LogP contribution in [0.5, 0.6) is 0 Å². The first-order chi connectivity index (χ1) is 7.60. The number of hydrogen-bond donors (Lipinski definition) is 4. The Hall–Kier alpha value is -0.200. The second-order valence-corrected chi connectivity index (χ2v) is 4.09. The third kappa shape index (κ3) is 9.06. The van der Waals surface area contributed by atoms with Crippen molar-refractivity contribution in [2.75, 3.05) is 19.9 Å². The molecule has 0 amide bonds. The van der Waals surface area contributed by atoms with E-state index in [-0.39, 0.29) is 32.4 Å². The molecule has 0 rings (SSSR count). The SMILES string of the molecule is CCCC(C)OCC(O)CC(O)CNCO. The van der Waals surface area contributed by atoms with Crippen LogP contribution in [-0.2, 0) is 4.74 Å². The number of aliphatic hydroxyl groups is 3. The zero-order valence-electron chi connectivity index (χ0n) is 10.2. The molecule has 0 spiro atoms. The molecule has 0 saturated carbocycles. The molecule has 16 heavy (non-hydrogen) atoms. The summed E-state index contributed by atoms with van der Waals surface area (Å²) < 4.78 is 5.42. The fourth-order valence-electron chi connectivity index (χ4n) is 1.46. The number of ether oxygens (including phenoxy) is 1. The summed E-state index contributed by atoms with van der Waals surface area (Å²) in [5.74, 6) is 0. The van der Waals surface area contributed by atoms with E-state index < -0.39 is 12.2 Å². The predicted molar refractivity (Wildman–Crippen MR) is 62.0 cm³/mol. The number of aliphatic hydroxyl groups excluding tert-OH is 3. The van der Waals surface area contributed by atoms with Crippen molar-refractivity contribution in [1.29, 1.82) is 0 Å². The number of nitrogens with one attached hydrogen (secondary N) is 1.